The van der Waals surface area contributed by atoms with Crippen LogP contribution in [0.3, 0.4) is 0 Å². The summed E-state index contributed by atoms with van der Waals surface area (Å²) in [5.74, 6) is -5.68. The lowest BCUT2D eigenvalue weighted by molar-refractivity contribution is -0.138. The molecule has 2 aromatic carbocycles. The minimum absolute atomic E-state index is 0.00481. The summed E-state index contributed by atoms with van der Waals surface area (Å²) in [6, 6.07) is 4.65. The van der Waals surface area contributed by atoms with Crippen LogP contribution in [0.25, 0.3) is 11.1 Å². The number of carbonyl (C=O) groups is 3. The van der Waals surface area contributed by atoms with Gasteiger partial charge in [0.1, 0.15) is 11.7 Å². The highest BCUT2D eigenvalue weighted by Crippen LogP contribution is 2.37. The summed E-state index contributed by atoms with van der Waals surface area (Å²) < 4.78 is 70.5. The fourth-order valence-electron chi connectivity index (χ4n) is 6.06. The first-order valence-electron chi connectivity index (χ1n) is 15.7. The molecule has 2 atom stereocenters. The van der Waals surface area contributed by atoms with Crippen LogP contribution in [0.15, 0.2) is 36.4 Å². The molecule has 0 aliphatic carbocycles. The summed E-state index contributed by atoms with van der Waals surface area (Å²) in [6.07, 6.45) is -4.11. The molecular weight excluding hydrogens is 635 g/mol. The maximum atomic E-state index is 15.3. The number of carbonyl (C=O) groups excluding carboxylic acids is 2. The van der Waals surface area contributed by atoms with E-state index in [1.165, 1.54) is 13.8 Å². The molecule has 2 heterocycles. The Morgan fingerprint density at radius 2 is 1.69 bits per heavy atom. The Kier molecular flexibility index (Phi) is 11.2. The standard InChI is InChI=1S/C35H39F5N4O4/c1-6-7-26(42-34(48)27-9-8-21-10-11-44(18(2)3)17-29(21)41-27)33(47)43-28(16-30(45)46)24-14-22(15-25(36)32(24)37)31-19(4)12-23(13-20(31)5)35(38,39)40/h8-9,12-15,18,26,28H,6-7,10-11,16-17H2,1-5H3,(H,42,48)(H,43,47)(H,45,46)/t26-,28-/m0/s1. The summed E-state index contributed by atoms with van der Waals surface area (Å²) in [6.45, 7) is 10.1. The van der Waals surface area contributed by atoms with E-state index >= 15 is 8.78 Å². The number of aliphatic carboxylic acids is 1. The van der Waals surface area contributed by atoms with Gasteiger partial charge in [-0.1, -0.05) is 19.4 Å². The number of fused-ring (bicyclic) bond motifs is 1. The fourth-order valence-corrected chi connectivity index (χ4v) is 6.06. The van der Waals surface area contributed by atoms with E-state index in [0.717, 1.165) is 48.5 Å². The molecule has 1 aliphatic rings. The van der Waals surface area contributed by atoms with Gasteiger partial charge in [-0.15, -0.1) is 0 Å². The van der Waals surface area contributed by atoms with Gasteiger partial charge >= 0.3 is 12.1 Å². The Bertz CT molecular complexity index is 1690. The molecule has 3 N–H and O–H groups in total. The van der Waals surface area contributed by atoms with E-state index in [-0.39, 0.29) is 40.4 Å². The minimum atomic E-state index is -4.63. The number of hydrogen-bond acceptors (Lipinski definition) is 5. The summed E-state index contributed by atoms with van der Waals surface area (Å²) in [5.41, 5.74) is 0.946. The Balaban J connectivity index is 1.63. The van der Waals surface area contributed by atoms with Crippen LogP contribution >= 0.6 is 0 Å². The van der Waals surface area contributed by atoms with Gasteiger partial charge < -0.3 is 15.7 Å². The number of benzene rings is 2. The number of carboxylic acid groups (broad SMARTS) is 1. The largest absolute Gasteiger partial charge is 0.481 e. The van der Waals surface area contributed by atoms with Crippen molar-refractivity contribution in [1.82, 2.24) is 20.5 Å². The number of pyridine rings is 1. The Hall–Kier alpha value is -4.39. The molecule has 3 aromatic rings. The quantitative estimate of drug-likeness (QED) is 0.196. The first kappa shape index (κ1) is 36.4. The second-order valence-corrected chi connectivity index (χ2v) is 12.4. The highest BCUT2D eigenvalue weighted by Gasteiger charge is 2.33. The predicted molar refractivity (Wildman–Crippen MR) is 169 cm³/mol. The van der Waals surface area contributed by atoms with Crippen LogP contribution in [0.4, 0.5) is 22.0 Å². The maximum Gasteiger partial charge on any atom is 0.416 e. The number of rotatable bonds is 11. The van der Waals surface area contributed by atoms with Gasteiger partial charge in [-0.3, -0.25) is 19.3 Å². The number of hydrogen-bond donors (Lipinski definition) is 3. The summed E-state index contributed by atoms with van der Waals surface area (Å²) in [5, 5.41) is 14.7. The van der Waals surface area contributed by atoms with Gasteiger partial charge in [0.05, 0.1) is 23.7 Å². The van der Waals surface area contributed by atoms with Gasteiger partial charge in [0.25, 0.3) is 5.91 Å². The van der Waals surface area contributed by atoms with Crippen LogP contribution in [0.1, 0.15) is 90.1 Å². The van der Waals surface area contributed by atoms with Crippen molar-refractivity contribution >= 4 is 17.8 Å². The Morgan fingerprint density at radius 3 is 2.27 bits per heavy atom. The van der Waals surface area contributed by atoms with Crippen LogP contribution in [0.2, 0.25) is 0 Å². The number of halogens is 5. The monoisotopic (exact) mass is 674 g/mol. The minimum Gasteiger partial charge on any atom is -0.481 e. The van der Waals surface area contributed by atoms with Crippen molar-refractivity contribution in [2.24, 2.45) is 0 Å². The zero-order chi connectivity index (χ0) is 35.5. The number of nitrogens with one attached hydrogen (secondary N) is 2. The molecule has 13 heteroatoms. The first-order valence-corrected chi connectivity index (χ1v) is 15.7. The van der Waals surface area contributed by atoms with Crippen molar-refractivity contribution in [2.45, 2.75) is 91.1 Å². The average molecular weight is 675 g/mol. The van der Waals surface area contributed by atoms with Crippen molar-refractivity contribution in [2.75, 3.05) is 6.54 Å². The summed E-state index contributed by atoms with van der Waals surface area (Å²) >= 11 is 0. The van der Waals surface area contributed by atoms with E-state index in [2.05, 4.69) is 34.4 Å². The highest BCUT2D eigenvalue weighted by atomic mass is 19.4. The molecule has 0 bridgehead atoms. The molecule has 0 spiro atoms. The molecule has 48 heavy (non-hydrogen) atoms. The van der Waals surface area contributed by atoms with Crippen molar-refractivity contribution in [3.8, 4) is 11.1 Å². The first-order chi connectivity index (χ1) is 22.5. The van der Waals surface area contributed by atoms with Crippen LogP contribution in [-0.2, 0) is 28.7 Å². The van der Waals surface area contributed by atoms with E-state index in [1.54, 1.807) is 13.0 Å². The molecular formula is C35H39F5N4O4. The summed E-state index contributed by atoms with van der Waals surface area (Å²) in [4.78, 5) is 45.4. The highest BCUT2D eigenvalue weighted by molar-refractivity contribution is 5.96. The lowest BCUT2D eigenvalue weighted by atomic mass is 9.90. The molecule has 8 nitrogen and oxygen atoms in total. The summed E-state index contributed by atoms with van der Waals surface area (Å²) in [7, 11) is 0. The van der Waals surface area contributed by atoms with Crippen molar-refractivity contribution in [3.05, 3.63) is 87.2 Å². The van der Waals surface area contributed by atoms with Crippen LogP contribution in [-0.4, -0.2) is 51.4 Å². The van der Waals surface area contributed by atoms with Crippen LogP contribution < -0.4 is 10.6 Å². The zero-order valence-electron chi connectivity index (χ0n) is 27.4. The van der Waals surface area contributed by atoms with E-state index in [4.69, 9.17) is 0 Å². The third kappa shape index (κ3) is 8.36. The molecule has 1 aliphatic heterocycles. The molecule has 2 amide bonds. The predicted octanol–water partition coefficient (Wildman–Crippen LogP) is 6.66. The van der Waals surface area contributed by atoms with Gasteiger partial charge in [0, 0.05) is 24.7 Å². The van der Waals surface area contributed by atoms with Gasteiger partial charge in [0.2, 0.25) is 5.91 Å². The number of alkyl halides is 3. The van der Waals surface area contributed by atoms with E-state index in [1.807, 2.05) is 6.07 Å². The smallest absolute Gasteiger partial charge is 0.416 e. The van der Waals surface area contributed by atoms with Crippen molar-refractivity contribution < 1.29 is 41.4 Å². The SMILES string of the molecule is CCC[C@H](NC(=O)c1ccc2c(n1)CN(C(C)C)CC2)C(=O)N[C@@H](CC(=O)O)c1cc(-c2c(C)cc(C(F)(F)F)cc2C)cc(F)c1F. The van der Waals surface area contributed by atoms with Crippen LogP contribution in [0.5, 0.6) is 0 Å². The molecule has 0 radical (unpaired) electrons. The Labute approximate surface area is 275 Å². The van der Waals surface area contributed by atoms with E-state index in [0.29, 0.717) is 13.0 Å². The van der Waals surface area contributed by atoms with Gasteiger partial charge in [0.15, 0.2) is 11.6 Å². The maximum absolute atomic E-state index is 15.3. The topological polar surface area (TPSA) is 112 Å². The molecule has 0 saturated carbocycles. The van der Waals surface area contributed by atoms with Gasteiger partial charge in [-0.2, -0.15) is 13.2 Å². The fraction of sp³-hybridized carbons (Fsp3) is 0.429. The molecule has 0 unspecified atom stereocenters. The van der Waals surface area contributed by atoms with Crippen molar-refractivity contribution in [3.63, 3.8) is 0 Å². The Morgan fingerprint density at radius 1 is 1.02 bits per heavy atom. The molecule has 0 fully saturated rings. The number of carboxylic acids is 1. The second kappa shape index (κ2) is 14.8. The molecule has 1 aromatic heterocycles. The number of amides is 2. The van der Waals surface area contributed by atoms with Gasteiger partial charge in [-0.05, 0) is 98.7 Å². The second-order valence-electron chi connectivity index (χ2n) is 12.4. The lowest BCUT2D eigenvalue weighted by Gasteiger charge is -2.31. The lowest BCUT2D eigenvalue weighted by Crippen LogP contribution is -2.48. The third-order valence-corrected chi connectivity index (χ3v) is 8.53. The zero-order valence-corrected chi connectivity index (χ0v) is 27.4. The normalized spacial score (nSPS) is 14.7. The van der Waals surface area contributed by atoms with E-state index < -0.39 is 65.2 Å². The number of aromatic nitrogens is 1. The number of aryl methyl sites for hydroxylation is 2. The van der Waals surface area contributed by atoms with Crippen molar-refractivity contribution in [1.29, 1.82) is 0 Å². The van der Waals surface area contributed by atoms with E-state index in [9.17, 15) is 32.7 Å². The molecule has 4 rings (SSSR count). The average Bonchev–Trinajstić information content (AvgIpc) is 3.00. The number of nitrogens with zero attached hydrogens (tertiary/aromatic N) is 2. The van der Waals surface area contributed by atoms with Gasteiger partial charge in [-0.25, -0.2) is 13.8 Å². The molecule has 0 saturated heterocycles. The third-order valence-electron chi connectivity index (χ3n) is 8.53. The molecule has 258 valence electrons. The van der Waals surface area contributed by atoms with Crippen LogP contribution in [0, 0.1) is 25.5 Å².